The molecule has 0 aromatic heterocycles. The summed E-state index contributed by atoms with van der Waals surface area (Å²) in [5.41, 5.74) is -1.29. The maximum absolute atomic E-state index is 13.3. The average molecular weight is 374 g/mol. The van der Waals surface area contributed by atoms with E-state index in [2.05, 4.69) is 15.1 Å². The Labute approximate surface area is 155 Å². The first kappa shape index (κ1) is 20.3. The van der Waals surface area contributed by atoms with Crippen molar-refractivity contribution in [1.82, 2.24) is 9.80 Å². The van der Waals surface area contributed by atoms with Crippen molar-refractivity contribution in [3.63, 3.8) is 0 Å². The highest BCUT2D eigenvalue weighted by atomic mass is 19.4. The van der Waals surface area contributed by atoms with Gasteiger partial charge in [-0.05, 0) is 30.8 Å². The van der Waals surface area contributed by atoms with Crippen molar-refractivity contribution in [2.45, 2.75) is 12.7 Å². The highest BCUT2D eigenvalue weighted by Gasteiger charge is 2.31. The third kappa shape index (κ3) is 5.46. The molecule has 0 spiro atoms. The van der Waals surface area contributed by atoms with E-state index in [1.165, 1.54) is 6.07 Å². The van der Waals surface area contributed by atoms with Gasteiger partial charge in [-0.2, -0.15) is 29.0 Å². The standard InChI is InChI=1S/C18H17F3N6/c1-26-2-4-27(5-3-26)12-13-6-15(18(19,20)21)8-16(7-13)25-17(11-24)14(9-22)10-23/h6-8,25H,2-5,12H2,1H3. The summed E-state index contributed by atoms with van der Waals surface area (Å²) >= 11 is 0. The summed E-state index contributed by atoms with van der Waals surface area (Å²) in [7, 11) is 1.99. The molecule has 1 heterocycles. The monoisotopic (exact) mass is 374 g/mol. The molecule has 0 aliphatic carbocycles. The van der Waals surface area contributed by atoms with Crippen molar-refractivity contribution in [2.24, 2.45) is 0 Å². The summed E-state index contributed by atoms with van der Waals surface area (Å²) in [6.07, 6.45) is -4.56. The predicted octanol–water partition coefficient (Wildman–Crippen LogP) is 2.69. The first-order chi connectivity index (χ1) is 12.8. The number of nitriles is 3. The molecule has 0 unspecified atom stereocenters. The van der Waals surface area contributed by atoms with Crippen LogP contribution in [0.4, 0.5) is 18.9 Å². The Morgan fingerprint density at radius 1 is 1.04 bits per heavy atom. The van der Waals surface area contributed by atoms with Gasteiger partial charge in [0.1, 0.15) is 23.9 Å². The number of nitrogens with zero attached hydrogens (tertiary/aromatic N) is 5. The van der Waals surface area contributed by atoms with Crippen LogP contribution >= 0.6 is 0 Å². The first-order valence-electron chi connectivity index (χ1n) is 8.10. The van der Waals surface area contributed by atoms with E-state index in [0.717, 1.165) is 38.3 Å². The fraction of sp³-hybridized carbons (Fsp3) is 0.389. The zero-order valence-corrected chi connectivity index (χ0v) is 14.6. The van der Waals surface area contributed by atoms with Crippen molar-refractivity contribution < 1.29 is 13.2 Å². The van der Waals surface area contributed by atoms with Gasteiger partial charge in [-0.15, -0.1) is 0 Å². The molecule has 1 aromatic carbocycles. The molecule has 1 aromatic rings. The molecule has 0 bridgehead atoms. The number of nitrogens with one attached hydrogen (secondary N) is 1. The summed E-state index contributed by atoms with van der Waals surface area (Å²) in [5.74, 6) is 0. The quantitative estimate of drug-likeness (QED) is 0.815. The van der Waals surface area contributed by atoms with E-state index in [0.29, 0.717) is 12.1 Å². The number of halogens is 3. The zero-order chi connectivity index (χ0) is 20.0. The zero-order valence-electron chi connectivity index (χ0n) is 14.6. The predicted molar refractivity (Wildman–Crippen MR) is 91.7 cm³/mol. The Balaban J connectivity index is 2.35. The molecule has 6 nitrogen and oxygen atoms in total. The summed E-state index contributed by atoms with van der Waals surface area (Å²) in [6.45, 7) is 3.48. The van der Waals surface area contributed by atoms with Gasteiger partial charge >= 0.3 is 6.18 Å². The number of allylic oxidation sites excluding steroid dienone is 2. The smallest absolute Gasteiger partial charge is 0.345 e. The van der Waals surface area contributed by atoms with Crippen molar-refractivity contribution in [1.29, 1.82) is 15.8 Å². The van der Waals surface area contributed by atoms with Crippen molar-refractivity contribution in [3.8, 4) is 18.2 Å². The lowest BCUT2D eigenvalue weighted by Crippen LogP contribution is -2.43. The normalized spacial score (nSPS) is 15.3. The minimum absolute atomic E-state index is 0.00787. The molecule has 140 valence electrons. The van der Waals surface area contributed by atoms with Crippen LogP contribution in [-0.2, 0) is 12.7 Å². The molecule has 0 radical (unpaired) electrons. The molecule has 1 saturated heterocycles. The lowest BCUT2D eigenvalue weighted by atomic mass is 10.1. The molecule has 2 rings (SSSR count). The molecule has 0 atom stereocenters. The van der Waals surface area contributed by atoms with E-state index in [-0.39, 0.29) is 11.4 Å². The molecular weight excluding hydrogens is 357 g/mol. The van der Waals surface area contributed by atoms with E-state index in [4.69, 9.17) is 15.8 Å². The van der Waals surface area contributed by atoms with Gasteiger partial charge in [-0.3, -0.25) is 4.90 Å². The van der Waals surface area contributed by atoms with Gasteiger partial charge in [0.25, 0.3) is 0 Å². The Bertz CT molecular complexity index is 830. The number of benzene rings is 1. The van der Waals surface area contributed by atoms with Crippen molar-refractivity contribution in [3.05, 3.63) is 40.6 Å². The van der Waals surface area contributed by atoms with Crippen LogP contribution < -0.4 is 5.32 Å². The number of hydrogen-bond donors (Lipinski definition) is 1. The number of piperazine rings is 1. The Morgan fingerprint density at radius 2 is 1.67 bits per heavy atom. The minimum Gasteiger partial charge on any atom is -0.345 e. The molecule has 1 aliphatic rings. The Hall–Kier alpha value is -3.06. The molecule has 27 heavy (non-hydrogen) atoms. The van der Waals surface area contributed by atoms with Gasteiger partial charge in [-0.1, -0.05) is 0 Å². The summed E-state index contributed by atoms with van der Waals surface area (Å²) in [6, 6.07) is 8.18. The number of rotatable bonds is 4. The van der Waals surface area contributed by atoms with Crippen LogP contribution in [0, 0.1) is 34.0 Å². The lowest BCUT2D eigenvalue weighted by molar-refractivity contribution is -0.137. The molecular formula is C18H17F3N6. The van der Waals surface area contributed by atoms with Crippen LogP contribution in [0.1, 0.15) is 11.1 Å². The van der Waals surface area contributed by atoms with Crippen molar-refractivity contribution >= 4 is 5.69 Å². The van der Waals surface area contributed by atoms with Crippen LogP contribution in [0.25, 0.3) is 0 Å². The van der Waals surface area contributed by atoms with Crippen LogP contribution in [0.15, 0.2) is 29.5 Å². The molecule has 0 saturated carbocycles. The van der Waals surface area contributed by atoms with Crippen LogP contribution in [0.2, 0.25) is 0 Å². The molecule has 9 heteroatoms. The van der Waals surface area contributed by atoms with E-state index in [1.54, 1.807) is 18.2 Å². The van der Waals surface area contributed by atoms with Crippen LogP contribution in [0.5, 0.6) is 0 Å². The summed E-state index contributed by atoms with van der Waals surface area (Å²) in [5, 5.41) is 29.3. The Kier molecular flexibility index (Phi) is 6.41. The molecule has 1 aliphatic heterocycles. The van der Waals surface area contributed by atoms with Gasteiger partial charge in [0.05, 0.1) is 5.56 Å². The van der Waals surface area contributed by atoms with E-state index >= 15 is 0 Å². The second-order valence-electron chi connectivity index (χ2n) is 6.21. The maximum Gasteiger partial charge on any atom is 0.416 e. The molecule has 1 N–H and O–H groups in total. The molecule has 1 fully saturated rings. The topological polar surface area (TPSA) is 89.9 Å². The van der Waals surface area contributed by atoms with E-state index in [1.807, 2.05) is 7.05 Å². The van der Waals surface area contributed by atoms with Crippen LogP contribution in [-0.4, -0.2) is 43.0 Å². The van der Waals surface area contributed by atoms with E-state index < -0.39 is 17.3 Å². The SMILES string of the molecule is CN1CCN(Cc2cc(NC(C#N)=C(C#N)C#N)cc(C(F)(F)F)c2)CC1. The second-order valence-corrected chi connectivity index (χ2v) is 6.21. The van der Waals surface area contributed by atoms with E-state index in [9.17, 15) is 13.2 Å². The largest absolute Gasteiger partial charge is 0.416 e. The molecule has 0 amide bonds. The number of alkyl halides is 3. The van der Waals surface area contributed by atoms with Gasteiger partial charge in [-0.25, -0.2) is 0 Å². The van der Waals surface area contributed by atoms with Gasteiger partial charge in [0.2, 0.25) is 0 Å². The number of hydrogen-bond acceptors (Lipinski definition) is 6. The minimum atomic E-state index is -4.56. The lowest BCUT2D eigenvalue weighted by Gasteiger charge is -2.32. The van der Waals surface area contributed by atoms with Crippen molar-refractivity contribution in [2.75, 3.05) is 38.5 Å². The average Bonchev–Trinajstić information content (AvgIpc) is 2.63. The maximum atomic E-state index is 13.3. The third-order valence-corrected chi connectivity index (χ3v) is 4.18. The van der Waals surface area contributed by atoms with Gasteiger partial charge < -0.3 is 10.2 Å². The van der Waals surface area contributed by atoms with Gasteiger partial charge in [0, 0.05) is 38.4 Å². The first-order valence-corrected chi connectivity index (χ1v) is 8.10. The summed E-state index contributed by atoms with van der Waals surface area (Å²) in [4.78, 5) is 4.20. The van der Waals surface area contributed by atoms with Gasteiger partial charge in [0.15, 0.2) is 5.57 Å². The fourth-order valence-electron chi connectivity index (χ4n) is 2.71. The number of likely N-dealkylation sites (N-methyl/N-ethyl adjacent to an activating group) is 1. The second kappa shape index (κ2) is 8.55. The number of anilines is 1. The van der Waals surface area contributed by atoms with Crippen LogP contribution in [0.3, 0.4) is 0 Å². The highest BCUT2D eigenvalue weighted by Crippen LogP contribution is 2.33. The summed E-state index contributed by atoms with van der Waals surface area (Å²) < 4.78 is 39.8. The Morgan fingerprint density at radius 3 is 2.19 bits per heavy atom. The third-order valence-electron chi connectivity index (χ3n) is 4.18. The highest BCUT2D eigenvalue weighted by molar-refractivity contribution is 5.60. The fourth-order valence-corrected chi connectivity index (χ4v) is 2.71.